The monoisotopic (exact) mass is 413 g/mol. The molecular formula is C19H33N4O6+. The largest absolute Gasteiger partial charge is 0.432 e. The summed E-state index contributed by atoms with van der Waals surface area (Å²) >= 11 is 0. The quantitative estimate of drug-likeness (QED) is 0.203. The fourth-order valence-electron chi connectivity index (χ4n) is 4.71. The number of hydrogen-bond donors (Lipinski definition) is 4. The Bertz CT molecular complexity index is 610. The zero-order valence-electron chi connectivity index (χ0n) is 17.0. The van der Waals surface area contributed by atoms with Crippen molar-refractivity contribution in [3.63, 3.8) is 0 Å². The molecule has 1 aliphatic carbocycles. The van der Waals surface area contributed by atoms with Crippen LogP contribution in [0.2, 0.25) is 0 Å². The van der Waals surface area contributed by atoms with Crippen LogP contribution in [-0.2, 0) is 9.59 Å². The average molecular weight is 413 g/mol. The van der Waals surface area contributed by atoms with E-state index in [2.05, 4.69) is 10.6 Å². The van der Waals surface area contributed by atoms with Crippen molar-refractivity contribution >= 4 is 24.4 Å². The fraction of sp³-hybridized carbons (Fsp3) is 0.789. The highest BCUT2D eigenvalue weighted by molar-refractivity contribution is 5.95. The molecular weight excluding hydrogens is 380 g/mol. The summed E-state index contributed by atoms with van der Waals surface area (Å²) in [5.74, 6) is -0.742. The second-order valence-corrected chi connectivity index (χ2v) is 8.14. The van der Waals surface area contributed by atoms with Crippen LogP contribution in [0.4, 0.5) is 9.59 Å². The Labute approximate surface area is 170 Å². The summed E-state index contributed by atoms with van der Waals surface area (Å²) in [5.41, 5.74) is 0. The Morgan fingerprint density at radius 3 is 2.45 bits per heavy atom. The Morgan fingerprint density at radius 2 is 1.90 bits per heavy atom. The van der Waals surface area contributed by atoms with E-state index < -0.39 is 22.5 Å². The molecule has 4 N–H and O–H groups in total. The summed E-state index contributed by atoms with van der Waals surface area (Å²) in [6.45, 7) is 1.63. The number of quaternary nitrogens is 1. The first kappa shape index (κ1) is 23.2. The molecule has 6 amide bonds. The summed E-state index contributed by atoms with van der Waals surface area (Å²) < 4.78 is -0.517. The van der Waals surface area contributed by atoms with Crippen molar-refractivity contribution in [3.05, 3.63) is 0 Å². The van der Waals surface area contributed by atoms with E-state index in [-0.39, 0.29) is 44.6 Å². The first-order valence-corrected chi connectivity index (χ1v) is 10.4. The smallest absolute Gasteiger partial charge is 0.395 e. The Balaban J connectivity index is 2.24. The van der Waals surface area contributed by atoms with E-state index in [1.807, 2.05) is 0 Å². The number of imide groups is 2. The van der Waals surface area contributed by atoms with E-state index in [1.165, 1.54) is 0 Å². The van der Waals surface area contributed by atoms with E-state index in [0.717, 1.165) is 25.7 Å². The predicted molar refractivity (Wildman–Crippen MR) is 102 cm³/mol. The lowest BCUT2D eigenvalue weighted by molar-refractivity contribution is -0.786. The van der Waals surface area contributed by atoms with Gasteiger partial charge in [-0.25, -0.2) is 24.8 Å². The molecule has 3 atom stereocenters. The number of likely N-dealkylation sites (tertiary alicyclic amines) is 1. The molecule has 10 heteroatoms. The highest BCUT2D eigenvalue weighted by atomic mass is 16.5. The van der Waals surface area contributed by atoms with Crippen molar-refractivity contribution in [1.82, 2.24) is 15.7 Å². The van der Waals surface area contributed by atoms with Gasteiger partial charge in [0, 0.05) is 19.4 Å². The van der Waals surface area contributed by atoms with Crippen LogP contribution in [0.1, 0.15) is 51.9 Å². The van der Waals surface area contributed by atoms with E-state index in [1.54, 1.807) is 6.92 Å². The maximum atomic E-state index is 13.6. The van der Waals surface area contributed by atoms with Gasteiger partial charge in [0.2, 0.25) is 6.41 Å². The molecule has 0 radical (unpaired) electrons. The topological polar surface area (TPSA) is 136 Å². The first-order chi connectivity index (χ1) is 13.8. The zero-order chi connectivity index (χ0) is 21.4. The van der Waals surface area contributed by atoms with Crippen LogP contribution in [0.25, 0.3) is 0 Å². The molecule has 1 saturated carbocycles. The lowest BCUT2D eigenvalue weighted by Gasteiger charge is -2.36. The minimum atomic E-state index is -0.766. The van der Waals surface area contributed by atoms with Crippen molar-refractivity contribution in [2.45, 2.75) is 57.9 Å². The summed E-state index contributed by atoms with van der Waals surface area (Å²) in [6, 6.07) is -1.79. The third-order valence-electron chi connectivity index (χ3n) is 6.23. The van der Waals surface area contributed by atoms with Gasteiger partial charge in [-0.3, -0.25) is 10.0 Å². The number of rotatable bonds is 8. The van der Waals surface area contributed by atoms with Crippen LogP contribution >= 0.6 is 0 Å². The normalized spacial score (nSPS) is 25.4. The van der Waals surface area contributed by atoms with Gasteiger partial charge >= 0.3 is 18.0 Å². The molecule has 2 rings (SSSR count). The second-order valence-electron chi connectivity index (χ2n) is 8.14. The number of carbonyl (C=O) groups is 4. The third kappa shape index (κ3) is 5.52. The molecule has 10 nitrogen and oxygen atoms in total. The molecule has 0 aromatic carbocycles. The molecule has 1 heterocycles. The second kappa shape index (κ2) is 10.7. The third-order valence-corrected chi connectivity index (χ3v) is 6.23. The van der Waals surface area contributed by atoms with Crippen molar-refractivity contribution in [3.8, 4) is 0 Å². The Kier molecular flexibility index (Phi) is 8.54. The molecule has 0 spiro atoms. The fourth-order valence-corrected chi connectivity index (χ4v) is 4.71. The van der Waals surface area contributed by atoms with Gasteiger partial charge in [-0.15, -0.1) is 0 Å². The molecule has 29 heavy (non-hydrogen) atoms. The highest BCUT2D eigenvalue weighted by Gasteiger charge is 2.55. The maximum absolute atomic E-state index is 13.6. The van der Waals surface area contributed by atoms with Gasteiger partial charge in [0.05, 0.1) is 25.6 Å². The molecule has 0 aromatic heterocycles. The molecule has 0 aromatic rings. The first-order valence-electron chi connectivity index (χ1n) is 10.4. The van der Waals surface area contributed by atoms with Gasteiger partial charge in [0.15, 0.2) is 0 Å². The van der Waals surface area contributed by atoms with Crippen LogP contribution in [-0.4, -0.2) is 76.5 Å². The number of urea groups is 2. The molecule has 1 aliphatic heterocycles. The summed E-state index contributed by atoms with van der Waals surface area (Å²) in [6.07, 6.45) is 6.22. The molecule has 164 valence electrons. The molecule has 1 unspecified atom stereocenters. The lowest BCUT2D eigenvalue weighted by atomic mass is 9.91. The average Bonchev–Trinajstić information content (AvgIpc) is 3.35. The number of hydrogen-bond acceptors (Lipinski definition) is 6. The van der Waals surface area contributed by atoms with Crippen LogP contribution in [0.15, 0.2) is 0 Å². The molecule has 2 aliphatic rings. The number of nitrogens with one attached hydrogen (secondary N) is 2. The van der Waals surface area contributed by atoms with E-state index in [9.17, 15) is 24.4 Å². The number of aliphatic hydroxyl groups is 1. The number of hydroxylamine groups is 2. The Morgan fingerprint density at radius 1 is 1.21 bits per heavy atom. The summed E-state index contributed by atoms with van der Waals surface area (Å²) in [4.78, 5) is 49.6. The van der Waals surface area contributed by atoms with Gasteiger partial charge < -0.3 is 10.4 Å². The van der Waals surface area contributed by atoms with Crippen LogP contribution in [0.5, 0.6) is 0 Å². The van der Waals surface area contributed by atoms with Crippen LogP contribution < -0.4 is 10.6 Å². The van der Waals surface area contributed by atoms with Gasteiger partial charge in [0.25, 0.3) is 0 Å². The van der Waals surface area contributed by atoms with Crippen molar-refractivity contribution < 1.29 is 34.0 Å². The van der Waals surface area contributed by atoms with Crippen molar-refractivity contribution in [2.24, 2.45) is 11.8 Å². The predicted octanol–water partition coefficient (Wildman–Crippen LogP) is 0.968. The van der Waals surface area contributed by atoms with Gasteiger partial charge in [-0.2, -0.15) is 4.48 Å². The van der Waals surface area contributed by atoms with Crippen LogP contribution in [0.3, 0.4) is 0 Å². The maximum Gasteiger partial charge on any atom is 0.432 e. The van der Waals surface area contributed by atoms with E-state index >= 15 is 0 Å². The Hall–Kier alpha value is -2.04. The minimum absolute atomic E-state index is 0.00821. The number of aliphatic hydroxyl groups excluding tert-OH is 1. The minimum Gasteiger partial charge on any atom is -0.395 e. The zero-order valence-corrected chi connectivity index (χ0v) is 17.0. The molecule has 0 bridgehead atoms. The molecule has 1 saturated heterocycles. The van der Waals surface area contributed by atoms with Gasteiger partial charge in [-0.05, 0) is 19.3 Å². The summed E-state index contributed by atoms with van der Waals surface area (Å²) in [5, 5.41) is 23.6. The van der Waals surface area contributed by atoms with E-state index in [4.69, 9.17) is 5.11 Å². The SMILES string of the molecule is C[C@@H]1CCC[N+]1(C(=O)NC(=O)NCCO)C(=O)[C@H](CC1CCCC1)CN(O)C=O. The van der Waals surface area contributed by atoms with Crippen molar-refractivity contribution in [2.75, 3.05) is 26.2 Å². The van der Waals surface area contributed by atoms with Gasteiger partial charge in [0.1, 0.15) is 6.04 Å². The summed E-state index contributed by atoms with van der Waals surface area (Å²) in [7, 11) is 0. The molecule has 2 fully saturated rings. The number of amides is 6. The standard InChI is InChI=1S/C19H32N4O6/c1-14-5-4-9-23(14,19(28)21-18(27)20-8-10-24)17(26)16(12-22(29)13-25)11-15-6-2-3-7-15/h13-16,24,29H,2-12H2,1H3,(H-,20,21,27,28)/p+1/t14-,16-,23?/m1/s1. The highest BCUT2D eigenvalue weighted by Crippen LogP contribution is 2.35. The lowest BCUT2D eigenvalue weighted by Crippen LogP contribution is -2.66. The van der Waals surface area contributed by atoms with E-state index in [0.29, 0.717) is 30.2 Å². The number of nitrogens with zero attached hydrogens (tertiary/aromatic N) is 2. The number of carbonyl (C=O) groups excluding carboxylic acids is 4. The van der Waals surface area contributed by atoms with Crippen LogP contribution in [0, 0.1) is 11.8 Å². The van der Waals surface area contributed by atoms with Gasteiger partial charge in [-0.1, -0.05) is 25.7 Å². The van der Waals surface area contributed by atoms with Crippen molar-refractivity contribution in [1.29, 1.82) is 0 Å².